The van der Waals surface area contributed by atoms with Crippen molar-refractivity contribution in [2.75, 3.05) is 52.3 Å². The second-order valence-corrected chi connectivity index (χ2v) is 8.08. The van der Waals surface area contributed by atoms with Crippen molar-refractivity contribution in [2.45, 2.75) is 4.90 Å². The molecule has 1 heterocycles. The van der Waals surface area contributed by atoms with Crippen LogP contribution in [0.15, 0.2) is 23.1 Å². The summed E-state index contributed by atoms with van der Waals surface area (Å²) in [5, 5.41) is 2.99. The number of nitrogens with one attached hydrogen (secondary N) is 2. The van der Waals surface area contributed by atoms with E-state index in [0.717, 1.165) is 22.3 Å². The molecule has 0 unspecified atom stereocenters. The number of nitrogens with zero attached hydrogens (tertiary/aromatic N) is 1. The van der Waals surface area contributed by atoms with Crippen LogP contribution in [0.1, 0.15) is 0 Å². The molecule has 1 aromatic carbocycles. The number of rotatable bonds is 5. The topological polar surface area (TPSA) is 80.2 Å². The van der Waals surface area contributed by atoms with Crippen molar-refractivity contribution in [2.24, 2.45) is 0 Å². The summed E-state index contributed by atoms with van der Waals surface area (Å²) in [6, 6.07) is 4.26. The lowest BCUT2D eigenvalue weighted by Crippen LogP contribution is -3.15. The van der Waals surface area contributed by atoms with Gasteiger partial charge in [-0.2, -0.15) is 0 Å². The molecule has 0 spiro atoms. The van der Waals surface area contributed by atoms with Crippen molar-refractivity contribution in [3.8, 4) is 0 Å². The summed E-state index contributed by atoms with van der Waals surface area (Å²) >= 11 is 6.06. The van der Waals surface area contributed by atoms with Crippen LogP contribution in [0.5, 0.6) is 0 Å². The third-order valence-corrected chi connectivity index (χ3v) is 5.74. The first-order valence-electron chi connectivity index (χ1n) is 7.24. The van der Waals surface area contributed by atoms with Crippen LogP contribution in [0.25, 0.3) is 0 Å². The van der Waals surface area contributed by atoms with Gasteiger partial charge in [0.15, 0.2) is 6.54 Å². The van der Waals surface area contributed by atoms with Crippen LogP contribution in [0.4, 0.5) is 5.69 Å². The van der Waals surface area contributed by atoms with Crippen molar-refractivity contribution in [3.05, 3.63) is 23.2 Å². The number of carbonyl (C=O) groups is 1. The first-order valence-corrected chi connectivity index (χ1v) is 9.06. The second kappa shape index (κ2) is 7.59. The van der Waals surface area contributed by atoms with Gasteiger partial charge in [0.1, 0.15) is 13.1 Å². The molecular formula is C14H21ClN3O4S+. The number of anilines is 1. The van der Waals surface area contributed by atoms with Crippen molar-refractivity contribution < 1.29 is 22.8 Å². The maximum atomic E-state index is 12.2. The first-order chi connectivity index (χ1) is 10.8. The summed E-state index contributed by atoms with van der Waals surface area (Å²) in [6.07, 6.45) is 0. The molecule has 128 valence electrons. The predicted molar refractivity (Wildman–Crippen MR) is 87.3 cm³/mol. The molecule has 2 rings (SSSR count). The molecule has 1 aromatic rings. The Morgan fingerprint density at radius 2 is 2.00 bits per heavy atom. The van der Waals surface area contributed by atoms with Crippen LogP contribution < -0.4 is 10.2 Å². The van der Waals surface area contributed by atoms with Gasteiger partial charge in [-0.1, -0.05) is 11.6 Å². The van der Waals surface area contributed by atoms with Gasteiger partial charge in [-0.15, -0.1) is 0 Å². The number of hydrogen-bond acceptors (Lipinski definition) is 4. The zero-order valence-corrected chi connectivity index (χ0v) is 14.7. The Kier molecular flexibility index (Phi) is 5.99. The van der Waals surface area contributed by atoms with Gasteiger partial charge in [0.25, 0.3) is 5.91 Å². The van der Waals surface area contributed by atoms with E-state index in [1.807, 2.05) is 0 Å². The fourth-order valence-electron chi connectivity index (χ4n) is 2.23. The van der Waals surface area contributed by atoms with Crippen LogP contribution in [-0.4, -0.2) is 65.6 Å². The number of quaternary nitrogens is 1. The Labute approximate surface area is 141 Å². The van der Waals surface area contributed by atoms with Crippen molar-refractivity contribution in [1.82, 2.24) is 4.31 Å². The number of ether oxygens (including phenoxy) is 1. The number of benzene rings is 1. The number of morpholine rings is 1. The van der Waals surface area contributed by atoms with Crippen molar-refractivity contribution in [1.29, 1.82) is 0 Å². The first kappa shape index (κ1) is 18.2. The van der Waals surface area contributed by atoms with Gasteiger partial charge in [-0.05, 0) is 18.2 Å². The van der Waals surface area contributed by atoms with Crippen LogP contribution >= 0.6 is 11.6 Å². The molecule has 2 N–H and O–H groups in total. The van der Waals surface area contributed by atoms with E-state index in [-0.39, 0.29) is 10.8 Å². The van der Waals surface area contributed by atoms with Crippen molar-refractivity contribution in [3.63, 3.8) is 0 Å². The van der Waals surface area contributed by atoms with E-state index in [2.05, 4.69) is 5.32 Å². The summed E-state index contributed by atoms with van der Waals surface area (Å²) in [5.74, 6) is -0.205. The summed E-state index contributed by atoms with van der Waals surface area (Å²) in [5.41, 5.74) is 0.298. The Morgan fingerprint density at radius 1 is 1.35 bits per heavy atom. The summed E-state index contributed by atoms with van der Waals surface area (Å²) in [4.78, 5) is 13.3. The van der Waals surface area contributed by atoms with Crippen molar-refractivity contribution >= 4 is 33.2 Å². The highest BCUT2D eigenvalue weighted by Crippen LogP contribution is 2.26. The molecule has 0 aliphatic carbocycles. The lowest BCUT2D eigenvalue weighted by atomic mass is 10.3. The van der Waals surface area contributed by atoms with Gasteiger partial charge in [-0.25, -0.2) is 12.7 Å². The van der Waals surface area contributed by atoms with E-state index < -0.39 is 10.0 Å². The summed E-state index contributed by atoms with van der Waals surface area (Å²) in [6.45, 7) is 3.12. The second-order valence-electron chi connectivity index (χ2n) is 5.52. The van der Waals surface area contributed by atoms with Gasteiger partial charge in [0.2, 0.25) is 10.0 Å². The zero-order valence-electron chi connectivity index (χ0n) is 13.1. The minimum atomic E-state index is -3.58. The minimum Gasteiger partial charge on any atom is -0.370 e. The zero-order chi connectivity index (χ0) is 17.0. The predicted octanol–water partition coefficient (Wildman–Crippen LogP) is -0.556. The molecule has 1 fully saturated rings. The maximum Gasteiger partial charge on any atom is 0.279 e. The molecule has 1 aliphatic heterocycles. The lowest BCUT2D eigenvalue weighted by molar-refractivity contribution is -0.899. The quantitative estimate of drug-likeness (QED) is 0.736. The molecule has 0 bridgehead atoms. The van der Waals surface area contributed by atoms with Gasteiger partial charge in [0, 0.05) is 14.1 Å². The van der Waals surface area contributed by atoms with E-state index in [0.29, 0.717) is 30.5 Å². The smallest absolute Gasteiger partial charge is 0.279 e. The molecule has 0 saturated carbocycles. The largest absolute Gasteiger partial charge is 0.370 e. The fraction of sp³-hybridized carbons (Fsp3) is 0.500. The highest BCUT2D eigenvalue weighted by molar-refractivity contribution is 7.89. The van der Waals surface area contributed by atoms with Gasteiger partial charge in [0.05, 0.1) is 28.8 Å². The molecule has 23 heavy (non-hydrogen) atoms. The normalized spacial score (nSPS) is 16.5. The van der Waals surface area contributed by atoms with Gasteiger partial charge >= 0.3 is 0 Å². The molecule has 1 saturated heterocycles. The number of carbonyl (C=O) groups excluding carboxylic acids is 1. The molecule has 0 atom stereocenters. The number of amides is 1. The molecule has 9 heteroatoms. The molecule has 1 amide bonds. The van der Waals surface area contributed by atoms with Crippen LogP contribution in [0.2, 0.25) is 5.02 Å². The van der Waals surface area contributed by atoms with Crippen LogP contribution in [-0.2, 0) is 19.6 Å². The van der Waals surface area contributed by atoms with E-state index in [9.17, 15) is 13.2 Å². The monoisotopic (exact) mass is 362 g/mol. The Hall–Kier alpha value is -1.19. The third kappa shape index (κ3) is 4.65. The van der Waals surface area contributed by atoms with E-state index in [1.165, 1.54) is 32.3 Å². The van der Waals surface area contributed by atoms with Gasteiger partial charge in [-0.3, -0.25) is 4.79 Å². The van der Waals surface area contributed by atoms with Crippen LogP contribution in [0.3, 0.4) is 0 Å². The lowest BCUT2D eigenvalue weighted by Gasteiger charge is -2.23. The van der Waals surface area contributed by atoms with Gasteiger partial charge < -0.3 is 15.0 Å². The number of halogens is 1. The van der Waals surface area contributed by atoms with E-state index >= 15 is 0 Å². The molecule has 0 aromatic heterocycles. The van der Waals surface area contributed by atoms with E-state index in [4.69, 9.17) is 16.3 Å². The Morgan fingerprint density at radius 3 is 2.61 bits per heavy atom. The molecule has 7 nitrogen and oxygen atoms in total. The average molecular weight is 363 g/mol. The Bertz CT molecular complexity index is 673. The molecular weight excluding hydrogens is 342 g/mol. The van der Waals surface area contributed by atoms with E-state index in [1.54, 1.807) is 0 Å². The fourth-order valence-corrected chi connectivity index (χ4v) is 3.32. The molecule has 1 aliphatic rings. The maximum absolute atomic E-state index is 12.2. The highest BCUT2D eigenvalue weighted by atomic mass is 35.5. The SMILES string of the molecule is CN(C)S(=O)(=O)c1ccc(Cl)c(NC(=O)C[NH+]2CCOCC2)c1. The standard InChI is InChI=1S/C14H20ClN3O4S/c1-17(2)23(20,21)11-3-4-12(15)13(9-11)16-14(19)10-18-5-7-22-8-6-18/h3-4,9H,5-8,10H2,1-2H3,(H,16,19)/p+1. The summed E-state index contributed by atoms with van der Waals surface area (Å²) < 4.78 is 30.7. The summed E-state index contributed by atoms with van der Waals surface area (Å²) in [7, 11) is -0.681. The Balaban J connectivity index is 2.11. The highest BCUT2D eigenvalue weighted by Gasteiger charge is 2.21. The third-order valence-electron chi connectivity index (χ3n) is 3.60. The number of sulfonamides is 1. The van der Waals surface area contributed by atoms with Crippen LogP contribution in [0, 0.1) is 0 Å². The molecule has 0 radical (unpaired) electrons. The number of hydrogen-bond donors (Lipinski definition) is 2. The average Bonchev–Trinajstić information content (AvgIpc) is 2.50. The minimum absolute atomic E-state index is 0.0842.